The van der Waals surface area contributed by atoms with Gasteiger partial charge >= 0.3 is 0 Å². The fraction of sp³-hybridized carbons (Fsp3) is 0.257. The number of hydrogen-bond donors (Lipinski definition) is 1. The number of nitrogens with one attached hydrogen (secondary N) is 1. The number of hydrogen-bond acceptors (Lipinski definition) is 6. The average Bonchev–Trinajstić information content (AvgIpc) is 3.09. The van der Waals surface area contributed by atoms with Crippen molar-refractivity contribution in [3.8, 4) is 11.5 Å². The third-order valence-electron chi connectivity index (χ3n) is 7.60. The molecular weight excluding hydrogens is 661 g/mol. The van der Waals surface area contributed by atoms with E-state index in [-0.39, 0.29) is 29.5 Å². The van der Waals surface area contributed by atoms with Crippen LogP contribution in [0, 0.1) is 0 Å². The number of rotatable bonds is 13. The van der Waals surface area contributed by atoms with Crippen LogP contribution in [-0.2, 0) is 32.6 Å². The Morgan fingerprint density at radius 1 is 0.872 bits per heavy atom. The first kappa shape index (κ1) is 34.1. The molecule has 1 atom stereocenters. The Morgan fingerprint density at radius 3 is 2.23 bits per heavy atom. The maximum atomic E-state index is 14.6. The molecule has 4 aromatic carbocycles. The van der Waals surface area contributed by atoms with Gasteiger partial charge in [0, 0.05) is 35.6 Å². The number of anilines is 1. The topological polar surface area (TPSA) is 105 Å². The first-order valence-electron chi connectivity index (χ1n) is 15.2. The number of carbonyl (C=O) groups excluding carboxylic acids is 2. The van der Waals surface area contributed by atoms with Crippen LogP contribution in [0.1, 0.15) is 24.5 Å². The first-order valence-corrected chi connectivity index (χ1v) is 17.4. The van der Waals surface area contributed by atoms with Crippen molar-refractivity contribution in [2.24, 2.45) is 0 Å². The van der Waals surface area contributed by atoms with E-state index in [0.29, 0.717) is 53.3 Å². The smallest absolute Gasteiger partial charge is 0.264 e. The van der Waals surface area contributed by atoms with Gasteiger partial charge in [-0.3, -0.25) is 13.9 Å². The van der Waals surface area contributed by atoms with Crippen molar-refractivity contribution in [3.63, 3.8) is 0 Å². The predicted molar refractivity (Wildman–Crippen MR) is 183 cm³/mol. The number of carbonyl (C=O) groups is 2. The lowest BCUT2D eigenvalue weighted by Crippen LogP contribution is -2.53. The maximum absolute atomic E-state index is 14.6. The molecule has 0 saturated carbocycles. The molecule has 1 aliphatic heterocycles. The van der Waals surface area contributed by atoms with E-state index in [2.05, 4.69) is 5.32 Å². The molecule has 0 radical (unpaired) electrons. The lowest BCUT2D eigenvalue weighted by molar-refractivity contribution is -0.140. The van der Waals surface area contributed by atoms with E-state index < -0.39 is 28.5 Å². The van der Waals surface area contributed by atoms with Crippen LogP contribution in [0.15, 0.2) is 102 Å². The highest BCUT2D eigenvalue weighted by molar-refractivity contribution is 7.92. The monoisotopic (exact) mass is 695 g/mol. The molecule has 0 aromatic heterocycles. The number of benzene rings is 4. The van der Waals surface area contributed by atoms with E-state index in [1.807, 2.05) is 37.3 Å². The van der Waals surface area contributed by atoms with Gasteiger partial charge in [-0.2, -0.15) is 0 Å². The summed E-state index contributed by atoms with van der Waals surface area (Å²) in [5, 5.41) is 3.65. The third-order valence-corrected chi connectivity index (χ3v) is 9.97. The summed E-state index contributed by atoms with van der Waals surface area (Å²) in [4.78, 5) is 29.8. The molecule has 12 heteroatoms. The highest BCUT2D eigenvalue weighted by Gasteiger charge is 2.35. The van der Waals surface area contributed by atoms with E-state index in [0.717, 1.165) is 9.87 Å². The number of ether oxygens (including phenoxy) is 2. The Hall–Kier alpha value is -4.25. The Labute approximate surface area is 285 Å². The molecule has 246 valence electrons. The number of amides is 2. The normalized spacial score (nSPS) is 13.0. The molecule has 1 aliphatic rings. The summed E-state index contributed by atoms with van der Waals surface area (Å²) in [6.07, 6.45) is 0.872. The minimum atomic E-state index is -4.27. The number of nitrogens with zero attached hydrogens (tertiary/aromatic N) is 2. The number of sulfonamides is 1. The van der Waals surface area contributed by atoms with Crippen molar-refractivity contribution in [1.82, 2.24) is 10.2 Å². The molecule has 0 bridgehead atoms. The Balaban J connectivity index is 1.59. The molecule has 1 N–H and O–H groups in total. The van der Waals surface area contributed by atoms with Crippen LogP contribution in [0.25, 0.3) is 0 Å². The second-order valence-corrected chi connectivity index (χ2v) is 13.6. The van der Waals surface area contributed by atoms with E-state index in [1.54, 1.807) is 48.5 Å². The Morgan fingerprint density at radius 2 is 1.55 bits per heavy atom. The summed E-state index contributed by atoms with van der Waals surface area (Å²) < 4.78 is 40.8. The summed E-state index contributed by atoms with van der Waals surface area (Å²) in [7, 11) is -4.27. The molecule has 0 saturated heterocycles. The van der Waals surface area contributed by atoms with Crippen LogP contribution in [0.2, 0.25) is 10.0 Å². The molecule has 9 nitrogen and oxygen atoms in total. The Bertz CT molecular complexity index is 1810. The van der Waals surface area contributed by atoms with Crippen LogP contribution in [0.4, 0.5) is 5.69 Å². The zero-order valence-electron chi connectivity index (χ0n) is 25.8. The molecule has 47 heavy (non-hydrogen) atoms. The highest BCUT2D eigenvalue weighted by Crippen LogP contribution is 2.36. The van der Waals surface area contributed by atoms with Crippen LogP contribution in [0.3, 0.4) is 0 Å². The molecule has 0 aliphatic carbocycles. The zero-order valence-corrected chi connectivity index (χ0v) is 28.1. The third kappa shape index (κ3) is 8.38. The van der Waals surface area contributed by atoms with Gasteiger partial charge in [-0.05, 0) is 53.9 Å². The first-order chi connectivity index (χ1) is 22.7. The van der Waals surface area contributed by atoms with Gasteiger partial charge in [0.25, 0.3) is 10.0 Å². The van der Waals surface area contributed by atoms with Gasteiger partial charge in [0.2, 0.25) is 11.8 Å². The summed E-state index contributed by atoms with van der Waals surface area (Å²) in [6.45, 7) is 2.30. The van der Waals surface area contributed by atoms with Crippen LogP contribution in [-0.4, -0.2) is 57.5 Å². The fourth-order valence-corrected chi connectivity index (χ4v) is 7.08. The predicted octanol–water partition coefficient (Wildman–Crippen LogP) is 6.13. The molecule has 1 heterocycles. The van der Waals surface area contributed by atoms with Crippen molar-refractivity contribution in [2.45, 2.75) is 37.2 Å². The van der Waals surface area contributed by atoms with Gasteiger partial charge in [0.15, 0.2) is 11.5 Å². The SMILES string of the molecule is CCCNC(=O)C(Cc1ccccc1)N(Cc1ccc(Cl)cc1Cl)C(=O)CN(c1ccc2c(c1)OCCO2)S(=O)(=O)c1ccccc1. The van der Waals surface area contributed by atoms with Gasteiger partial charge in [0.1, 0.15) is 25.8 Å². The lowest BCUT2D eigenvalue weighted by atomic mass is 10.0. The minimum absolute atomic E-state index is 0.00323. The van der Waals surface area contributed by atoms with Crippen molar-refractivity contribution in [2.75, 3.05) is 30.6 Å². The second kappa shape index (κ2) is 15.6. The lowest BCUT2D eigenvalue weighted by Gasteiger charge is -2.34. The van der Waals surface area contributed by atoms with E-state index >= 15 is 0 Å². The van der Waals surface area contributed by atoms with Gasteiger partial charge in [-0.25, -0.2) is 8.42 Å². The van der Waals surface area contributed by atoms with Gasteiger partial charge in [-0.1, -0.05) is 84.7 Å². The van der Waals surface area contributed by atoms with Crippen LogP contribution < -0.4 is 19.1 Å². The van der Waals surface area contributed by atoms with Gasteiger partial charge in [0.05, 0.1) is 10.6 Å². The molecule has 2 amide bonds. The van der Waals surface area contributed by atoms with Crippen molar-refractivity contribution < 1.29 is 27.5 Å². The number of halogens is 2. The van der Waals surface area contributed by atoms with Gasteiger partial charge in [-0.15, -0.1) is 0 Å². The Kier molecular flexibility index (Phi) is 11.3. The molecule has 0 fully saturated rings. The second-order valence-electron chi connectivity index (χ2n) is 10.9. The van der Waals surface area contributed by atoms with Gasteiger partial charge < -0.3 is 19.7 Å². The maximum Gasteiger partial charge on any atom is 0.264 e. The number of fused-ring (bicyclic) bond motifs is 1. The van der Waals surface area contributed by atoms with E-state index in [4.69, 9.17) is 32.7 Å². The van der Waals surface area contributed by atoms with Crippen LogP contribution >= 0.6 is 23.2 Å². The summed E-state index contributed by atoms with van der Waals surface area (Å²) in [5.74, 6) is -0.151. The van der Waals surface area contributed by atoms with Crippen molar-refractivity contribution in [1.29, 1.82) is 0 Å². The molecular formula is C35H35Cl2N3O6S. The van der Waals surface area contributed by atoms with Crippen molar-refractivity contribution in [3.05, 3.63) is 118 Å². The fourth-order valence-electron chi connectivity index (χ4n) is 5.19. The van der Waals surface area contributed by atoms with E-state index in [9.17, 15) is 18.0 Å². The minimum Gasteiger partial charge on any atom is -0.486 e. The molecule has 5 rings (SSSR count). The molecule has 0 spiro atoms. The average molecular weight is 697 g/mol. The summed E-state index contributed by atoms with van der Waals surface area (Å²) in [5.41, 5.74) is 1.57. The molecule has 4 aromatic rings. The highest BCUT2D eigenvalue weighted by atomic mass is 35.5. The summed E-state index contributed by atoms with van der Waals surface area (Å²) >= 11 is 12.7. The van der Waals surface area contributed by atoms with Crippen LogP contribution in [0.5, 0.6) is 11.5 Å². The largest absolute Gasteiger partial charge is 0.486 e. The van der Waals surface area contributed by atoms with Crippen molar-refractivity contribution >= 4 is 50.7 Å². The summed E-state index contributed by atoms with van der Waals surface area (Å²) in [6, 6.07) is 25.8. The quantitative estimate of drug-likeness (QED) is 0.181. The van der Waals surface area contributed by atoms with E-state index in [1.165, 1.54) is 23.1 Å². The zero-order chi connectivity index (χ0) is 33.4. The molecule has 1 unspecified atom stereocenters. The standard InChI is InChI=1S/C35H35Cl2N3O6S/c1-2-17-38-35(42)31(20-25-9-5-3-6-10-25)39(23-26-13-14-27(36)21-30(26)37)34(41)24-40(47(43,44)29-11-7-4-8-12-29)28-15-16-32-33(22-28)46-19-18-45-32/h3-16,21-22,31H,2,17-20,23-24H2,1H3,(H,38,42).